The fourth-order valence-corrected chi connectivity index (χ4v) is 5.73. The number of nitrogens with zero attached hydrogens (tertiary/aromatic N) is 4. The van der Waals surface area contributed by atoms with E-state index >= 15 is 0 Å². The van der Waals surface area contributed by atoms with Crippen LogP contribution in [0.3, 0.4) is 0 Å². The van der Waals surface area contributed by atoms with Crippen LogP contribution in [0.25, 0.3) is 21.3 Å². The number of aromatic nitrogens is 4. The van der Waals surface area contributed by atoms with Crippen LogP contribution in [-0.4, -0.2) is 19.7 Å². The summed E-state index contributed by atoms with van der Waals surface area (Å²) < 4.78 is 2.30. The smallest absolute Gasteiger partial charge is 0.192 e. The van der Waals surface area contributed by atoms with Gasteiger partial charge in [0.25, 0.3) is 0 Å². The average molecular weight is 431 g/mol. The molecule has 0 saturated heterocycles. The first-order chi connectivity index (χ1) is 13.3. The minimum atomic E-state index is 0.536. The van der Waals surface area contributed by atoms with Gasteiger partial charge in [-0.25, -0.2) is 4.98 Å². The molecule has 4 aromatic rings. The molecule has 0 atom stereocenters. The number of halogens is 1. The van der Waals surface area contributed by atoms with Gasteiger partial charge in [0.05, 0.1) is 15.6 Å². The van der Waals surface area contributed by atoms with E-state index in [0.717, 1.165) is 38.0 Å². The van der Waals surface area contributed by atoms with Crippen molar-refractivity contribution in [2.24, 2.45) is 0 Å². The number of benzene rings is 1. The third-order valence-corrected chi connectivity index (χ3v) is 7.42. The summed E-state index contributed by atoms with van der Waals surface area (Å²) in [5.41, 5.74) is 2.03. The number of thioether (sulfide) groups is 1. The summed E-state index contributed by atoms with van der Waals surface area (Å²) in [5, 5.41) is 15.8. The lowest BCUT2D eigenvalue weighted by atomic mass is 10.2. The second-order valence-electron chi connectivity index (χ2n) is 6.30. The maximum Gasteiger partial charge on any atom is 0.192 e. The van der Waals surface area contributed by atoms with Crippen molar-refractivity contribution in [3.05, 3.63) is 57.9 Å². The molecule has 1 fully saturated rings. The van der Waals surface area contributed by atoms with Crippen LogP contribution in [0.15, 0.2) is 52.3 Å². The SMILES string of the molecule is Clc1ccccc1-c1nc(CSc2nnc(-c3cccs3)n2C2CC2)cs1. The summed E-state index contributed by atoms with van der Waals surface area (Å²) in [4.78, 5) is 5.94. The molecular weight excluding hydrogens is 416 g/mol. The Labute approximate surface area is 174 Å². The Kier molecular flexibility index (Phi) is 4.77. The molecule has 0 N–H and O–H groups in total. The number of hydrogen-bond donors (Lipinski definition) is 0. The highest BCUT2D eigenvalue weighted by molar-refractivity contribution is 7.98. The standard InChI is InChI=1S/C19H15ClN4S3/c20-15-5-2-1-4-14(15)18-21-12(10-26-18)11-27-19-23-22-17(16-6-3-9-25-16)24(19)13-7-8-13/h1-6,9-10,13H,7-8,11H2. The maximum atomic E-state index is 6.30. The van der Waals surface area contributed by atoms with Crippen molar-refractivity contribution >= 4 is 46.0 Å². The lowest BCUT2D eigenvalue weighted by Crippen LogP contribution is -1.99. The van der Waals surface area contributed by atoms with E-state index in [2.05, 4.69) is 37.7 Å². The van der Waals surface area contributed by atoms with Crippen molar-refractivity contribution in [2.45, 2.75) is 29.8 Å². The van der Waals surface area contributed by atoms with Crippen molar-refractivity contribution in [1.29, 1.82) is 0 Å². The van der Waals surface area contributed by atoms with Gasteiger partial charge in [-0.3, -0.25) is 4.57 Å². The Morgan fingerprint density at radius 1 is 1.11 bits per heavy atom. The summed E-state index contributed by atoms with van der Waals surface area (Å²) in [6.45, 7) is 0. The van der Waals surface area contributed by atoms with Crippen molar-refractivity contribution in [3.63, 3.8) is 0 Å². The summed E-state index contributed by atoms with van der Waals surface area (Å²) in [5.74, 6) is 1.76. The molecule has 0 aliphatic heterocycles. The van der Waals surface area contributed by atoms with Gasteiger partial charge in [-0.15, -0.1) is 32.9 Å². The molecule has 27 heavy (non-hydrogen) atoms. The monoisotopic (exact) mass is 430 g/mol. The van der Waals surface area contributed by atoms with Crippen LogP contribution in [0.2, 0.25) is 5.02 Å². The zero-order chi connectivity index (χ0) is 18.2. The van der Waals surface area contributed by atoms with Crippen molar-refractivity contribution < 1.29 is 0 Å². The highest BCUT2D eigenvalue weighted by Crippen LogP contribution is 2.42. The molecule has 1 aliphatic carbocycles. The Morgan fingerprint density at radius 2 is 2.00 bits per heavy atom. The maximum absolute atomic E-state index is 6.30. The minimum absolute atomic E-state index is 0.536. The lowest BCUT2D eigenvalue weighted by Gasteiger charge is -2.07. The molecule has 0 bridgehead atoms. The first kappa shape index (κ1) is 17.4. The van der Waals surface area contributed by atoms with E-state index in [0.29, 0.717) is 6.04 Å². The molecule has 5 rings (SSSR count). The molecule has 8 heteroatoms. The Bertz CT molecular complexity index is 1070. The van der Waals surface area contributed by atoms with Gasteiger partial charge in [-0.05, 0) is 30.4 Å². The summed E-state index contributed by atoms with van der Waals surface area (Å²) in [6.07, 6.45) is 2.41. The quantitative estimate of drug-likeness (QED) is 0.331. The molecule has 4 nitrogen and oxygen atoms in total. The van der Waals surface area contributed by atoms with Crippen LogP contribution >= 0.6 is 46.0 Å². The predicted molar refractivity (Wildman–Crippen MR) is 114 cm³/mol. The third-order valence-electron chi connectivity index (χ3n) is 4.32. The van der Waals surface area contributed by atoms with E-state index in [9.17, 15) is 0 Å². The molecule has 136 valence electrons. The lowest BCUT2D eigenvalue weighted by molar-refractivity contribution is 0.670. The number of hydrogen-bond acceptors (Lipinski definition) is 6. The first-order valence-corrected chi connectivity index (χ1v) is 11.7. The Hall–Kier alpha value is -1.67. The van der Waals surface area contributed by atoms with Gasteiger partial charge in [-0.2, -0.15) is 0 Å². The molecule has 1 aliphatic rings. The van der Waals surface area contributed by atoms with E-state index < -0.39 is 0 Å². The van der Waals surface area contributed by atoms with Gasteiger partial charge >= 0.3 is 0 Å². The largest absolute Gasteiger partial charge is 0.298 e. The Balaban J connectivity index is 1.36. The van der Waals surface area contributed by atoms with Crippen LogP contribution < -0.4 is 0 Å². The van der Waals surface area contributed by atoms with E-state index in [4.69, 9.17) is 16.6 Å². The van der Waals surface area contributed by atoms with Gasteiger partial charge in [0, 0.05) is 22.7 Å². The van der Waals surface area contributed by atoms with E-state index in [1.54, 1.807) is 34.4 Å². The summed E-state index contributed by atoms with van der Waals surface area (Å²) in [6, 6.07) is 12.5. The molecule has 3 heterocycles. The van der Waals surface area contributed by atoms with Crippen LogP contribution in [0.4, 0.5) is 0 Å². The average Bonchev–Trinajstić information content (AvgIpc) is 3.10. The van der Waals surface area contributed by atoms with E-state index in [-0.39, 0.29) is 0 Å². The van der Waals surface area contributed by atoms with Gasteiger partial charge in [0.15, 0.2) is 11.0 Å². The first-order valence-electron chi connectivity index (χ1n) is 8.60. The fraction of sp³-hybridized carbons (Fsp3) is 0.211. The molecule has 0 radical (unpaired) electrons. The molecule has 1 saturated carbocycles. The Morgan fingerprint density at radius 3 is 2.78 bits per heavy atom. The van der Waals surface area contributed by atoms with E-state index in [1.165, 1.54) is 17.7 Å². The van der Waals surface area contributed by atoms with Crippen LogP contribution in [0.1, 0.15) is 24.6 Å². The second kappa shape index (κ2) is 7.39. The summed E-state index contributed by atoms with van der Waals surface area (Å²) in [7, 11) is 0. The summed E-state index contributed by atoms with van der Waals surface area (Å²) >= 11 is 11.3. The predicted octanol–water partition coefficient (Wildman–Crippen LogP) is 6.41. The fourth-order valence-electron chi connectivity index (χ4n) is 2.88. The van der Waals surface area contributed by atoms with Crippen LogP contribution in [-0.2, 0) is 5.75 Å². The number of rotatable bonds is 6. The molecule has 0 unspecified atom stereocenters. The van der Waals surface area contributed by atoms with Crippen molar-refractivity contribution in [2.75, 3.05) is 0 Å². The van der Waals surface area contributed by atoms with Crippen molar-refractivity contribution in [1.82, 2.24) is 19.7 Å². The molecule has 0 amide bonds. The number of thiophene rings is 1. The van der Waals surface area contributed by atoms with Gasteiger partial charge in [0.1, 0.15) is 5.01 Å². The normalized spacial score (nSPS) is 14.0. The number of thiazole rings is 1. The van der Waals surface area contributed by atoms with Crippen LogP contribution in [0.5, 0.6) is 0 Å². The topological polar surface area (TPSA) is 43.6 Å². The van der Waals surface area contributed by atoms with Crippen molar-refractivity contribution in [3.8, 4) is 21.3 Å². The van der Waals surface area contributed by atoms with Gasteiger partial charge in [-0.1, -0.05) is 47.6 Å². The minimum Gasteiger partial charge on any atom is -0.298 e. The van der Waals surface area contributed by atoms with Gasteiger partial charge < -0.3 is 0 Å². The molecule has 0 spiro atoms. The molecule has 1 aromatic carbocycles. The van der Waals surface area contributed by atoms with Crippen LogP contribution in [0, 0.1) is 0 Å². The van der Waals surface area contributed by atoms with E-state index in [1.807, 2.05) is 24.3 Å². The third kappa shape index (κ3) is 3.57. The zero-order valence-electron chi connectivity index (χ0n) is 14.2. The molecular formula is C19H15ClN4S3. The highest BCUT2D eigenvalue weighted by Gasteiger charge is 2.30. The second-order valence-corrected chi connectivity index (χ2v) is 9.45. The highest BCUT2D eigenvalue weighted by atomic mass is 35.5. The molecule has 3 aromatic heterocycles. The zero-order valence-corrected chi connectivity index (χ0v) is 17.4. The van der Waals surface area contributed by atoms with Gasteiger partial charge in [0.2, 0.25) is 0 Å².